The minimum Gasteiger partial charge on any atom is -0.299 e. The van der Waals surface area contributed by atoms with Gasteiger partial charge in [0.05, 0.1) is 10.6 Å². The highest BCUT2D eigenvalue weighted by molar-refractivity contribution is 7.92. The van der Waals surface area contributed by atoms with Gasteiger partial charge in [-0.15, -0.1) is 0 Å². The first-order valence-electron chi connectivity index (χ1n) is 11.0. The SMILES string of the molecule is Cc1ccc(CN2CCC(N(c3ccc(F)cc3)S(=O)(=O)c3ccc(C)cc3)CC2)cc1. The molecule has 32 heavy (non-hydrogen) atoms. The minimum atomic E-state index is -3.77. The Morgan fingerprint density at radius 2 is 1.38 bits per heavy atom. The molecule has 3 aromatic carbocycles. The maximum atomic E-state index is 13.7. The van der Waals surface area contributed by atoms with Crippen molar-refractivity contribution >= 4 is 15.7 Å². The van der Waals surface area contributed by atoms with Crippen molar-refractivity contribution in [2.75, 3.05) is 17.4 Å². The van der Waals surface area contributed by atoms with E-state index in [1.807, 2.05) is 6.92 Å². The summed E-state index contributed by atoms with van der Waals surface area (Å²) in [6.45, 7) is 6.47. The lowest BCUT2D eigenvalue weighted by Gasteiger charge is -2.39. The van der Waals surface area contributed by atoms with Crippen LogP contribution in [0.15, 0.2) is 77.7 Å². The summed E-state index contributed by atoms with van der Waals surface area (Å²) in [4.78, 5) is 2.62. The summed E-state index contributed by atoms with van der Waals surface area (Å²) in [6.07, 6.45) is 1.43. The third kappa shape index (κ3) is 5.03. The molecule has 0 N–H and O–H groups in total. The van der Waals surface area contributed by atoms with Crippen molar-refractivity contribution in [1.29, 1.82) is 0 Å². The molecule has 1 fully saturated rings. The first kappa shape index (κ1) is 22.5. The van der Waals surface area contributed by atoms with Crippen LogP contribution in [-0.4, -0.2) is 32.4 Å². The van der Waals surface area contributed by atoms with Crippen LogP contribution in [0.1, 0.15) is 29.5 Å². The predicted molar refractivity (Wildman–Crippen MR) is 127 cm³/mol. The van der Waals surface area contributed by atoms with E-state index in [2.05, 4.69) is 36.1 Å². The lowest BCUT2D eigenvalue weighted by Crippen LogP contribution is -2.47. The van der Waals surface area contributed by atoms with Crippen LogP contribution in [0.25, 0.3) is 0 Å². The fraction of sp³-hybridized carbons (Fsp3) is 0.308. The van der Waals surface area contributed by atoms with Gasteiger partial charge in [-0.05, 0) is 68.7 Å². The van der Waals surface area contributed by atoms with Gasteiger partial charge in [0.1, 0.15) is 5.82 Å². The Labute approximate surface area is 190 Å². The number of hydrogen-bond donors (Lipinski definition) is 0. The first-order valence-corrected chi connectivity index (χ1v) is 12.4. The van der Waals surface area contributed by atoms with Gasteiger partial charge in [-0.2, -0.15) is 0 Å². The summed E-state index contributed by atoms with van der Waals surface area (Å²) in [5.74, 6) is -0.380. The fourth-order valence-corrected chi connectivity index (χ4v) is 5.93. The summed E-state index contributed by atoms with van der Waals surface area (Å²) < 4.78 is 42.4. The molecule has 0 radical (unpaired) electrons. The molecule has 0 spiro atoms. The average Bonchev–Trinajstić information content (AvgIpc) is 2.78. The molecule has 0 saturated carbocycles. The van der Waals surface area contributed by atoms with Crippen LogP contribution in [-0.2, 0) is 16.6 Å². The third-order valence-corrected chi connectivity index (χ3v) is 7.97. The van der Waals surface area contributed by atoms with Gasteiger partial charge in [-0.1, -0.05) is 47.5 Å². The maximum absolute atomic E-state index is 13.7. The topological polar surface area (TPSA) is 40.6 Å². The molecule has 3 aromatic rings. The largest absolute Gasteiger partial charge is 0.299 e. The molecule has 4 nitrogen and oxygen atoms in total. The van der Waals surface area contributed by atoms with Crippen LogP contribution in [0, 0.1) is 19.7 Å². The number of halogens is 1. The van der Waals surface area contributed by atoms with Crippen molar-refractivity contribution in [3.05, 3.63) is 95.3 Å². The second-order valence-electron chi connectivity index (χ2n) is 8.58. The Morgan fingerprint density at radius 1 is 0.844 bits per heavy atom. The van der Waals surface area contributed by atoms with E-state index in [-0.39, 0.29) is 16.8 Å². The Bertz CT molecular complexity index is 1140. The molecule has 6 heteroatoms. The Kier molecular flexibility index (Phi) is 6.63. The molecule has 1 aliphatic rings. The molecule has 1 saturated heterocycles. The van der Waals surface area contributed by atoms with Crippen molar-refractivity contribution in [2.24, 2.45) is 0 Å². The predicted octanol–water partition coefficient (Wildman–Crippen LogP) is 5.30. The number of piperidine rings is 1. The molecule has 1 aliphatic heterocycles. The fourth-order valence-electron chi connectivity index (χ4n) is 4.22. The molecule has 1 heterocycles. The second-order valence-corrected chi connectivity index (χ2v) is 10.4. The third-order valence-electron chi connectivity index (χ3n) is 6.07. The van der Waals surface area contributed by atoms with Gasteiger partial charge in [0.25, 0.3) is 10.0 Å². The highest BCUT2D eigenvalue weighted by Gasteiger charge is 2.34. The monoisotopic (exact) mass is 452 g/mol. The van der Waals surface area contributed by atoms with Crippen molar-refractivity contribution in [1.82, 2.24) is 4.90 Å². The van der Waals surface area contributed by atoms with Crippen molar-refractivity contribution < 1.29 is 12.8 Å². The molecular weight excluding hydrogens is 423 g/mol. The van der Waals surface area contributed by atoms with Gasteiger partial charge >= 0.3 is 0 Å². The van der Waals surface area contributed by atoms with Crippen LogP contribution in [0.3, 0.4) is 0 Å². The van der Waals surface area contributed by atoms with Crippen molar-refractivity contribution in [2.45, 2.75) is 44.2 Å². The summed E-state index contributed by atoms with van der Waals surface area (Å²) in [5, 5.41) is 0. The lowest BCUT2D eigenvalue weighted by atomic mass is 10.0. The quantitative estimate of drug-likeness (QED) is 0.509. The van der Waals surface area contributed by atoms with Gasteiger partial charge in [0.2, 0.25) is 0 Å². The number of benzene rings is 3. The molecular formula is C26H29FN2O2S. The van der Waals surface area contributed by atoms with E-state index < -0.39 is 10.0 Å². The van der Waals surface area contributed by atoms with Crippen molar-refractivity contribution in [3.8, 4) is 0 Å². The molecule has 0 unspecified atom stereocenters. The number of likely N-dealkylation sites (tertiary alicyclic amines) is 1. The van der Waals surface area contributed by atoms with Crippen LogP contribution < -0.4 is 4.31 Å². The average molecular weight is 453 g/mol. The van der Waals surface area contributed by atoms with E-state index in [0.717, 1.165) is 25.2 Å². The molecule has 168 valence electrons. The zero-order chi connectivity index (χ0) is 22.7. The van der Waals surface area contributed by atoms with E-state index in [1.165, 1.54) is 27.6 Å². The van der Waals surface area contributed by atoms with Gasteiger partial charge in [-0.25, -0.2) is 12.8 Å². The van der Waals surface area contributed by atoms with Crippen LogP contribution in [0.5, 0.6) is 0 Å². The highest BCUT2D eigenvalue weighted by Crippen LogP contribution is 2.31. The standard InChI is InChI=1S/C26H29FN2O2S/c1-20-3-7-22(8-4-20)19-28-17-15-25(16-18-28)29(24-11-9-23(27)10-12-24)32(30,31)26-13-5-21(2)6-14-26/h3-14,25H,15-19H2,1-2H3. The second kappa shape index (κ2) is 9.43. The number of sulfonamides is 1. The van der Waals surface area contributed by atoms with E-state index >= 15 is 0 Å². The van der Waals surface area contributed by atoms with Gasteiger partial charge < -0.3 is 0 Å². The van der Waals surface area contributed by atoms with Crippen LogP contribution >= 0.6 is 0 Å². The number of rotatable bonds is 6. The molecule has 4 rings (SSSR count). The first-order chi connectivity index (χ1) is 15.3. The van der Waals surface area contributed by atoms with E-state index in [9.17, 15) is 12.8 Å². The highest BCUT2D eigenvalue weighted by atomic mass is 32.2. The summed E-state index contributed by atoms with van der Waals surface area (Å²) in [6, 6.07) is 21.0. The number of aryl methyl sites for hydroxylation is 2. The Morgan fingerprint density at radius 3 is 1.94 bits per heavy atom. The number of anilines is 1. The Hall–Kier alpha value is -2.70. The summed E-state index contributed by atoms with van der Waals surface area (Å²) >= 11 is 0. The molecule has 0 bridgehead atoms. The van der Waals surface area contributed by atoms with Gasteiger partial charge in [0, 0.05) is 25.7 Å². The Balaban J connectivity index is 1.56. The normalized spacial score (nSPS) is 15.6. The van der Waals surface area contributed by atoms with Crippen LogP contribution in [0.4, 0.5) is 10.1 Å². The molecule has 0 atom stereocenters. The van der Waals surface area contributed by atoms with Crippen molar-refractivity contribution in [3.63, 3.8) is 0 Å². The lowest BCUT2D eigenvalue weighted by molar-refractivity contribution is 0.206. The van der Waals surface area contributed by atoms with Gasteiger partial charge in [0.15, 0.2) is 0 Å². The smallest absolute Gasteiger partial charge is 0.264 e. The van der Waals surface area contributed by atoms with Crippen LogP contribution in [0.2, 0.25) is 0 Å². The summed E-state index contributed by atoms with van der Waals surface area (Å²) in [5.41, 5.74) is 4.01. The van der Waals surface area contributed by atoms with Gasteiger partial charge in [-0.3, -0.25) is 9.21 Å². The minimum absolute atomic E-state index is 0.180. The van der Waals surface area contributed by atoms with E-state index in [0.29, 0.717) is 18.5 Å². The number of nitrogens with zero attached hydrogens (tertiary/aromatic N) is 2. The number of hydrogen-bond acceptors (Lipinski definition) is 3. The zero-order valence-corrected chi connectivity index (χ0v) is 19.4. The van der Waals surface area contributed by atoms with E-state index in [1.54, 1.807) is 36.4 Å². The molecule has 0 amide bonds. The van der Waals surface area contributed by atoms with E-state index in [4.69, 9.17) is 0 Å². The summed E-state index contributed by atoms with van der Waals surface area (Å²) in [7, 11) is -3.77. The molecule has 0 aliphatic carbocycles. The zero-order valence-electron chi connectivity index (χ0n) is 18.5. The molecule has 0 aromatic heterocycles. The maximum Gasteiger partial charge on any atom is 0.264 e.